The Kier molecular flexibility index (Phi) is 27.3. The van der Waals surface area contributed by atoms with Gasteiger partial charge in [0.25, 0.3) is 0 Å². The first-order valence-corrected chi connectivity index (χ1v) is 30.0. The fraction of sp³-hybridized carbons (Fsp3) is 0.333. The SMILES string of the molecule is CCCCOC(=O)NCc1cccc(CN=C=Cc2cccc(Cn3c(=O)n(Cc4cccc(CN=C=NCc5cccc(CNC(=O)OCCCC)c5)c4)c(=O)n(Cc4cccc(CN=C=NCc5cccc(CNC(=O)OCCCC)c5)c4)c3=O)c2)c1. The van der Waals surface area contributed by atoms with Crippen molar-refractivity contribution in [2.24, 2.45) is 25.0 Å². The normalized spacial score (nSPS) is 10.6. The summed E-state index contributed by atoms with van der Waals surface area (Å²) in [5.41, 5.74) is 7.31. The fourth-order valence-corrected chi connectivity index (χ4v) is 9.05. The summed E-state index contributed by atoms with van der Waals surface area (Å²) >= 11 is 0. The number of rotatable bonds is 32. The van der Waals surface area contributed by atoms with E-state index in [1.807, 2.05) is 148 Å². The second-order valence-corrected chi connectivity index (χ2v) is 21.0. The van der Waals surface area contributed by atoms with Gasteiger partial charge >= 0.3 is 35.3 Å². The van der Waals surface area contributed by atoms with Crippen molar-refractivity contribution in [3.8, 4) is 0 Å². The molecule has 0 fully saturated rings. The number of aliphatic imine (C=N–C) groups is 5. The summed E-state index contributed by atoms with van der Waals surface area (Å²) in [5, 5.41) is 8.31. The maximum atomic E-state index is 14.6. The van der Waals surface area contributed by atoms with Crippen LogP contribution in [0.3, 0.4) is 0 Å². The predicted octanol–water partition coefficient (Wildman–Crippen LogP) is 11.0. The number of benzene rings is 6. The lowest BCUT2D eigenvalue weighted by molar-refractivity contribution is 0.143. The van der Waals surface area contributed by atoms with Crippen LogP contribution in [0.2, 0.25) is 0 Å². The van der Waals surface area contributed by atoms with Crippen LogP contribution in [0.1, 0.15) is 126 Å². The molecule has 20 nitrogen and oxygen atoms in total. The van der Waals surface area contributed by atoms with Crippen molar-refractivity contribution in [2.75, 3.05) is 19.8 Å². The third-order valence-electron chi connectivity index (χ3n) is 13.7. The third kappa shape index (κ3) is 23.2. The van der Waals surface area contributed by atoms with Gasteiger partial charge in [0.05, 0.1) is 84.2 Å². The van der Waals surface area contributed by atoms with Crippen LogP contribution in [0, 0.1) is 0 Å². The molecular formula is C69H77N11O9. The summed E-state index contributed by atoms with van der Waals surface area (Å²) < 4.78 is 18.8. The number of nitrogens with zero attached hydrogens (tertiary/aromatic N) is 8. The van der Waals surface area contributed by atoms with E-state index in [4.69, 9.17) is 14.2 Å². The number of nitrogens with one attached hydrogen (secondary N) is 3. The van der Waals surface area contributed by atoms with Gasteiger partial charge in [-0.25, -0.2) is 67.4 Å². The Morgan fingerprint density at radius 3 is 1.01 bits per heavy atom. The van der Waals surface area contributed by atoms with Gasteiger partial charge in [-0.3, -0.25) is 0 Å². The first kappa shape index (κ1) is 66.3. The molecule has 3 N–H and O–H groups in total. The van der Waals surface area contributed by atoms with Crippen molar-refractivity contribution in [2.45, 2.75) is 131 Å². The molecule has 6 aromatic carbocycles. The molecule has 0 aliphatic heterocycles. The van der Waals surface area contributed by atoms with Crippen LogP contribution < -0.4 is 33.0 Å². The fourth-order valence-electron chi connectivity index (χ4n) is 9.05. The van der Waals surface area contributed by atoms with E-state index in [0.717, 1.165) is 102 Å². The number of carbonyl (C=O) groups is 3. The van der Waals surface area contributed by atoms with E-state index in [-0.39, 0.29) is 32.7 Å². The summed E-state index contributed by atoms with van der Waals surface area (Å²) in [4.78, 5) is 102. The van der Waals surface area contributed by atoms with Crippen molar-refractivity contribution >= 4 is 42.2 Å². The number of ether oxygens (including phenoxy) is 3. The summed E-state index contributed by atoms with van der Waals surface area (Å²) in [6.45, 7) is 9.16. The molecule has 0 radical (unpaired) electrons. The van der Waals surface area contributed by atoms with Gasteiger partial charge in [0, 0.05) is 25.7 Å². The Labute approximate surface area is 518 Å². The molecule has 7 aromatic rings. The minimum Gasteiger partial charge on any atom is -0.450 e. The lowest BCUT2D eigenvalue weighted by Gasteiger charge is -2.15. The van der Waals surface area contributed by atoms with Gasteiger partial charge in [-0.1, -0.05) is 180 Å². The van der Waals surface area contributed by atoms with Gasteiger partial charge in [0.15, 0.2) is 0 Å². The van der Waals surface area contributed by atoms with E-state index in [0.29, 0.717) is 75.8 Å². The van der Waals surface area contributed by atoms with Crippen LogP contribution >= 0.6 is 0 Å². The van der Waals surface area contributed by atoms with Crippen LogP contribution in [0.5, 0.6) is 0 Å². The predicted molar refractivity (Wildman–Crippen MR) is 345 cm³/mol. The van der Waals surface area contributed by atoms with Gasteiger partial charge in [0.2, 0.25) is 0 Å². The van der Waals surface area contributed by atoms with Crippen LogP contribution in [-0.4, -0.2) is 69.7 Å². The average molecular weight is 1200 g/mol. The molecule has 0 aliphatic carbocycles. The van der Waals surface area contributed by atoms with Crippen LogP contribution in [0.25, 0.3) is 6.08 Å². The zero-order valence-corrected chi connectivity index (χ0v) is 50.8. The Balaban J connectivity index is 1.07. The molecule has 3 amide bonds. The Hall–Kier alpha value is -10.3. The van der Waals surface area contributed by atoms with E-state index in [9.17, 15) is 28.8 Å². The Morgan fingerprint density at radius 2 is 0.674 bits per heavy atom. The molecule has 89 heavy (non-hydrogen) atoms. The third-order valence-corrected chi connectivity index (χ3v) is 13.7. The molecule has 0 unspecified atom stereocenters. The molecule has 0 saturated heterocycles. The number of aromatic nitrogens is 3. The molecule has 0 spiro atoms. The van der Waals surface area contributed by atoms with Gasteiger partial charge in [-0.2, -0.15) is 0 Å². The smallest absolute Gasteiger partial charge is 0.407 e. The standard InChI is InChI=1S/C69H77N11O9/c1-4-7-30-87-64(81)75-44-58-22-11-17-53(34-58)39-70-29-28-52-16-10-25-61(33-52)47-78-67(84)79(48-62-26-14-20-56(37-62)42-73-50-71-40-54-18-12-23-59(35-54)45-76-65(82)88-31-8-5-2)69(86)80(68(78)85)49-63-27-15-21-57(38-63)43-74-51-72-41-55-19-13-24-60(36-55)46-77-66(83)89-32-9-6-3/h10-28,33-38H,4-9,30-32,39-49H2,1-3H3,(H,75,81)(H,76,82)(H,77,83). The number of carbonyl (C=O) groups excluding carboxylic acids is 3. The van der Waals surface area contributed by atoms with Crippen molar-refractivity contribution < 1.29 is 28.6 Å². The largest absolute Gasteiger partial charge is 0.450 e. The number of hydrogen-bond acceptors (Lipinski definition) is 14. The quantitative estimate of drug-likeness (QED) is 0.0206. The van der Waals surface area contributed by atoms with Crippen LogP contribution in [0.4, 0.5) is 14.4 Å². The Bertz CT molecular complexity index is 3710. The highest BCUT2D eigenvalue weighted by atomic mass is 16.6. The van der Waals surface area contributed by atoms with Gasteiger partial charge < -0.3 is 30.2 Å². The van der Waals surface area contributed by atoms with Crippen molar-refractivity contribution in [1.82, 2.24) is 29.7 Å². The molecule has 1 heterocycles. The van der Waals surface area contributed by atoms with E-state index in [2.05, 4.69) is 58.8 Å². The zero-order chi connectivity index (χ0) is 62.8. The summed E-state index contributed by atoms with van der Waals surface area (Å²) in [7, 11) is 0. The number of hydrogen-bond donors (Lipinski definition) is 3. The molecule has 20 heteroatoms. The van der Waals surface area contributed by atoms with E-state index >= 15 is 0 Å². The molecule has 0 aliphatic rings. The molecule has 0 atom stereocenters. The first-order chi connectivity index (χ1) is 43.5. The highest BCUT2D eigenvalue weighted by Gasteiger charge is 2.18. The maximum absolute atomic E-state index is 14.6. The number of unbranched alkanes of at least 4 members (excludes halogenated alkanes) is 3. The van der Waals surface area contributed by atoms with E-state index in [1.54, 1.807) is 24.3 Å². The topological polar surface area (TPSA) is 243 Å². The second kappa shape index (κ2) is 36.7. The van der Waals surface area contributed by atoms with Crippen molar-refractivity contribution in [1.29, 1.82) is 0 Å². The maximum Gasteiger partial charge on any atom is 0.407 e. The first-order valence-electron chi connectivity index (χ1n) is 30.0. The summed E-state index contributed by atoms with van der Waals surface area (Å²) in [6.07, 6.45) is 5.56. The highest BCUT2D eigenvalue weighted by molar-refractivity contribution is 5.78. The van der Waals surface area contributed by atoms with E-state index < -0.39 is 35.3 Å². The minimum atomic E-state index is -0.778. The van der Waals surface area contributed by atoms with Gasteiger partial charge in [-0.05, 0) is 98.0 Å². The van der Waals surface area contributed by atoms with E-state index in [1.165, 1.54) is 0 Å². The van der Waals surface area contributed by atoms with Crippen molar-refractivity contribution in [3.63, 3.8) is 0 Å². The minimum absolute atomic E-state index is 0.140. The Morgan fingerprint density at radius 1 is 0.393 bits per heavy atom. The molecular weight excluding hydrogens is 1130 g/mol. The molecule has 1 aromatic heterocycles. The zero-order valence-electron chi connectivity index (χ0n) is 50.8. The number of amides is 3. The number of alkyl carbamates (subject to hydrolysis) is 3. The van der Waals surface area contributed by atoms with Gasteiger partial charge in [0.1, 0.15) is 0 Å². The monoisotopic (exact) mass is 1200 g/mol. The summed E-state index contributed by atoms with van der Waals surface area (Å²) in [5.74, 6) is 3.00. The summed E-state index contributed by atoms with van der Waals surface area (Å²) in [6, 6.07) is 50.6. The average Bonchev–Trinajstić information content (AvgIpc) is 1.85. The second-order valence-electron chi connectivity index (χ2n) is 21.0. The lowest BCUT2D eigenvalue weighted by atomic mass is 10.1. The van der Waals surface area contributed by atoms with Crippen molar-refractivity contribution in [3.05, 3.63) is 244 Å². The van der Waals surface area contributed by atoms with Crippen LogP contribution in [0.15, 0.2) is 185 Å². The molecule has 0 saturated carbocycles. The molecule has 462 valence electrons. The molecule has 0 bridgehead atoms. The van der Waals surface area contributed by atoms with Gasteiger partial charge in [-0.15, -0.1) is 0 Å². The molecule has 7 rings (SSSR count). The lowest BCUT2D eigenvalue weighted by Crippen LogP contribution is -2.54. The highest BCUT2D eigenvalue weighted by Crippen LogP contribution is 2.14. The van der Waals surface area contributed by atoms with Crippen LogP contribution in [-0.2, 0) is 86.2 Å².